The van der Waals surface area contributed by atoms with Crippen LogP contribution in [-0.4, -0.2) is 22.8 Å². The molecule has 0 saturated carbocycles. The molecule has 2 aromatic rings. The highest BCUT2D eigenvalue weighted by atomic mass is 32.2. The van der Waals surface area contributed by atoms with Crippen molar-refractivity contribution in [3.63, 3.8) is 0 Å². The van der Waals surface area contributed by atoms with Gasteiger partial charge in [-0.05, 0) is 31.7 Å². The third kappa shape index (κ3) is 4.42. The largest absolute Gasteiger partial charge is 0.370 e. The number of hydrogen-bond donors (Lipinski definition) is 1. The first kappa shape index (κ1) is 15.2. The molecule has 0 unspecified atom stereocenters. The number of aryl methyl sites for hydroxylation is 1. The van der Waals surface area contributed by atoms with Crippen LogP contribution in [0.15, 0.2) is 45.4 Å². The van der Waals surface area contributed by atoms with E-state index in [0.29, 0.717) is 0 Å². The maximum Gasteiger partial charge on any atom is 0.190 e. The van der Waals surface area contributed by atoms with Crippen LogP contribution in [0.3, 0.4) is 0 Å². The smallest absolute Gasteiger partial charge is 0.190 e. The number of hydrogen-bond acceptors (Lipinski definition) is 5. The minimum atomic E-state index is 0.806. The zero-order valence-electron chi connectivity index (χ0n) is 12.0. The molecule has 1 aromatic heterocycles. The maximum atomic E-state index is 4.55. The van der Waals surface area contributed by atoms with Crippen LogP contribution in [-0.2, 0) is 0 Å². The van der Waals surface area contributed by atoms with Gasteiger partial charge in [0.25, 0.3) is 0 Å². The van der Waals surface area contributed by atoms with E-state index in [1.807, 2.05) is 12.3 Å². The molecule has 20 heavy (non-hydrogen) atoms. The standard InChI is InChI=1S/C15H19N3S2/c1-4-9-16-13-10-14(18-15(17-13)19-3)20-12-7-5-11(2)6-8-12/h5-8,10H,4,9H2,1-3H3,(H,16,17,18). The highest BCUT2D eigenvalue weighted by Crippen LogP contribution is 2.29. The van der Waals surface area contributed by atoms with Gasteiger partial charge in [-0.25, -0.2) is 9.97 Å². The Hall–Kier alpha value is -1.20. The Labute approximate surface area is 129 Å². The van der Waals surface area contributed by atoms with Gasteiger partial charge in [-0.15, -0.1) is 0 Å². The van der Waals surface area contributed by atoms with Crippen molar-refractivity contribution in [2.45, 2.75) is 35.3 Å². The fraction of sp³-hybridized carbons (Fsp3) is 0.333. The lowest BCUT2D eigenvalue weighted by Gasteiger charge is -2.08. The molecule has 2 rings (SSSR count). The molecule has 0 bridgehead atoms. The molecule has 0 fully saturated rings. The minimum absolute atomic E-state index is 0.806. The molecule has 1 N–H and O–H groups in total. The van der Waals surface area contributed by atoms with Crippen molar-refractivity contribution in [3.8, 4) is 0 Å². The van der Waals surface area contributed by atoms with Gasteiger partial charge < -0.3 is 5.32 Å². The fourth-order valence-electron chi connectivity index (χ4n) is 1.62. The molecule has 1 heterocycles. The molecule has 0 saturated heterocycles. The Morgan fingerprint density at radius 3 is 2.55 bits per heavy atom. The van der Waals surface area contributed by atoms with Crippen molar-refractivity contribution in [1.29, 1.82) is 0 Å². The first-order valence-corrected chi connectivity index (χ1v) is 8.67. The number of nitrogens with zero attached hydrogens (tertiary/aromatic N) is 2. The molecule has 1 aromatic carbocycles. The molecule has 5 heteroatoms. The second-order valence-electron chi connectivity index (χ2n) is 4.42. The quantitative estimate of drug-likeness (QED) is 0.484. The summed E-state index contributed by atoms with van der Waals surface area (Å²) in [4.78, 5) is 10.2. The highest BCUT2D eigenvalue weighted by Gasteiger charge is 2.05. The summed E-state index contributed by atoms with van der Waals surface area (Å²) < 4.78 is 0. The van der Waals surface area contributed by atoms with E-state index < -0.39 is 0 Å². The molecule has 106 valence electrons. The van der Waals surface area contributed by atoms with Crippen molar-refractivity contribution in [1.82, 2.24) is 9.97 Å². The zero-order valence-corrected chi connectivity index (χ0v) is 13.6. The number of thioether (sulfide) groups is 1. The van der Waals surface area contributed by atoms with E-state index in [9.17, 15) is 0 Å². The van der Waals surface area contributed by atoms with Crippen LogP contribution in [0, 0.1) is 6.92 Å². The Morgan fingerprint density at radius 1 is 1.15 bits per heavy atom. The van der Waals surface area contributed by atoms with E-state index in [-0.39, 0.29) is 0 Å². The summed E-state index contributed by atoms with van der Waals surface area (Å²) in [6.07, 6.45) is 3.08. The van der Waals surface area contributed by atoms with Gasteiger partial charge in [-0.3, -0.25) is 0 Å². The Bertz CT molecular complexity index is 556. The molecular formula is C15H19N3S2. The Balaban J connectivity index is 2.19. The van der Waals surface area contributed by atoms with Gasteiger partial charge >= 0.3 is 0 Å². The van der Waals surface area contributed by atoms with E-state index in [4.69, 9.17) is 0 Å². The summed E-state index contributed by atoms with van der Waals surface area (Å²) in [6, 6.07) is 10.5. The third-order valence-corrected chi connectivity index (χ3v) is 4.14. The van der Waals surface area contributed by atoms with Gasteiger partial charge in [0.1, 0.15) is 10.8 Å². The van der Waals surface area contributed by atoms with Crippen LogP contribution in [0.4, 0.5) is 5.82 Å². The molecular weight excluding hydrogens is 286 g/mol. The number of rotatable bonds is 6. The van der Waals surface area contributed by atoms with E-state index in [0.717, 1.165) is 29.0 Å². The average Bonchev–Trinajstić information content (AvgIpc) is 2.47. The summed E-state index contributed by atoms with van der Waals surface area (Å²) in [5.41, 5.74) is 1.27. The summed E-state index contributed by atoms with van der Waals surface area (Å²) in [5.74, 6) is 0.904. The van der Waals surface area contributed by atoms with Crippen molar-refractivity contribution in [2.24, 2.45) is 0 Å². The molecule has 0 spiro atoms. The zero-order chi connectivity index (χ0) is 14.4. The van der Waals surface area contributed by atoms with E-state index in [1.165, 1.54) is 10.5 Å². The molecule has 0 radical (unpaired) electrons. The van der Waals surface area contributed by atoms with Gasteiger partial charge in [-0.1, -0.05) is 48.1 Å². The van der Waals surface area contributed by atoms with Gasteiger partial charge in [0.2, 0.25) is 0 Å². The molecule has 0 aliphatic heterocycles. The summed E-state index contributed by atoms with van der Waals surface area (Å²) in [7, 11) is 0. The predicted octanol–water partition coefficient (Wildman–Crippen LogP) is 4.48. The molecule has 3 nitrogen and oxygen atoms in total. The van der Waals surface area contributed by atoms with Crippen molar-refractivity contribution in [2.75, 3.05) is 18.1 Å². The van der Waals surface area contributed by atoms with Crippen LogP contribution >= 0.6 is 23.5 Å². The third-order valence-electron chi connectivity index (χ3n) is 2.66. The van der Waals surface area contributed by atoms with Crippen LogP contribution in [0.2, 0.25) is 0 Å². The SMILES string of the molecule is CCCNc1cc(Sc2ccc(C)cc2)nc(SC)n1. The lowest BCUT2D eigenvalue weighted by Crippen LogP contribution is -2.03. The topological polar surface area (TPSA) is 37.8 Å². The van der Waals surface area contributed by atoms with Gasteiger partial charge in [0.15, 0.2) is 5.16 Å². The summed E-state index contributed by atoms with van der Waals surface area (Å²) >= 11 is 3.24. The van der Waals surface area contributed by atoms with Crippen LogP contribution in [0.25, 0.3) is 0 Å². The van der Waals surface area contributed by atoms with Gasteiger partial charge in [-0.2, -0.15) is 0 Å². The molecule has 0 atom stereocenters. The molecule has 0 aliphatic carbocycles. The fourth-order valence-corrected chi connectivity index (χ4v) is 2.87. The van der Waals surface area contributed by atoms with Gasteiger partial charge in [0, 0.05) is 17.5 Å². The van der Waals surface area contributed by atoms with Crippen LogP contribution in [0.5, 0.6) is 0 Å². The maximum absolute atomic E-state index is 4.55. The van der Waals surface area contributed by atoms with E-state index in [1.54, 1.807) is 23.5 Å². The first-order valence-electron chi connectivity index (χ1n) is 6.62. The van der Waals surface area contributed by atoms with Gasteiger partial charge in [0.05, 0.1) is 0 Å². The van der Waals surface area contributed by atoms with Crippen molar-refractivity contribution in [3.05, 3.63) is 35.9 Å². The monoisotopic (exact) mass is 305 g/mol. The number of anilines is 1. The predicted molar refractivity (Wildman–Crippen MR) is 87.9 cm³/mol. The lowest BCUT2D eigenvalue weighted by molar-refractivity contribution is 0.878. The van der Waals surface area contributed by atoms with Crippen molar-refractivity contribution >= 4 is 29.3 Å². The highest BCUT2D eigenvalue weighted by molar-refractivity contribution is 7.99. The summed E-state index contributed by atoms with van der Waals surface area (Å²) in [5, 5.41) is 5.11. The van der Waals surface area contributed by atoms with E-state index in [2.05, 4.69) is 53.4 Å². The van der Waals surface area contributed by atoms with E-state index >= 15 is 0 Å². The Kier molecular flexibility index (Phi) is 5.73. The molecule has 0 amide bonds. The molecule has 0 aliphatic rings. The number of benzene rings is 1. The first-order chi connectivity index (χ1) is 9.71. The number of nitrogens with one attached hydrogen (secondary N) is 1. The lowest BCUT2D eigenvalue weighted by atomic mass is 10.2. The van der Waals surface area contributed by atoms with Crippen LogP contribution in [0.1, 0.15) is 18.9 Å². The second-order valence-corrected chi connectivity index (χ2v) is 6.29. The Morgan fingerprint density at radius 2 is 1.90 bits per heavy atom. The normalized spacial score (nSPS) is 10.6. The average molecular weight is 305 g/mol. The van der Waals surface area contributed by atoms with Crippen molar-refractivity contribution < 1.29 is 0 Å². The number of aromatic nitrogens is 2. The van der Waals surface area contributed by atoms with Crippen LogP contribution < -0.4 is 5.32 Å². The minimum Gasteiger partial charge on any atom is -0.370 e. The summed E-state index contributed by atoms with van der Waals surface area (Å²) in [6.45, 7) is 5.17. The second kappa shape index (κ2) is 7.55.